The van der Waals surface area contributed by atoms with Gasteiger partial charge in [0.15, 0.2) is 18.9 Å². The molecule has 0 spiro atoms. The molecule has 3 saturated heterocycles. The van der Waals surface area contributed by atoms with Crippen LogP contribution in [0.3, 0.4) is 0 Å². The predicted octanol–water partition coefficient (Wildman–Crippen LogP) is 4.99. The van der Waals surface area contributed by atoms with Gasteiger partial charge in [0.1, 0.15) is 73.2 Å². The van der Waals surface area contributed by atoms with Gasteiger partial charge >= 0.3 is 0 Å². The second-order valence-corrected chi connectivity index (χ2v) is 21.8. The number of amides is 1. The molecular formula is C57H107NO18. The van der Waals surface area contributed by atoms with Gasteiger partial charge < -0.3 is 89.9 Å². The van der Waals surface area contributed by atoms with Crippen LogP contribution in [0.4, 0.5) is 0 Å². The Bertz CT molecular complexity index is 1450. The minimum absolute atomic E-state index is 0.254. The van der Waals surface area contributed by atoms with Crippen LogP contribution >= 0.6 is 0 Å². The van der Waals surface area contributed by atoms with Crippen molar-refractivity contribution in [3.63, 3.8) is 0 Å². The van der Waals surface area contributed by atoms with Crippen LogP contribution < -0.4 is 5.32 Å². The zero-order valence-electron chi connectivity index (χ0n) is 46.5. The Labute approximate surface area is 455 Å². The van der Waals surface area contributed by atoms with Gasteiger partial charge in [-0.3, -0.25) is 4.79 Å². The van der Waals surface area contributed by atoms with E-state index in [0.29, 0.717) is 12.8 Å². The van der Waals surface area contributed by atoms with Crippen molar-refractivity contribution < 1.29 is 89.4 Å². The van der Waals surface area contributed by atoms with Crippen LogP contribution in [0.25, 0.3) is 0 Å². The molecule has 3 fully saturated rings. The Morgan fingerprint density at radius 2 is 0.855 bits per heavy atom. The van der Waals surface area contributed by atoms with Gasteiger partial charge in [-0.15, -0.1) is 0 Å². The Morgan fingerprint density at radius 3 is 1.33 bits per heavy atom. The molecule has 0 radical (unpaired) electrons. The standard InChI is InChI=1S/C57H107NO18/c1-3-5-7-9-11-13-15-16-17-18-19-20-21-22-23-24-25-26-28-30-32-34-41(62)40(58-45(63)35-33-31-29-27-14-12-10-8-6-4-2)39-71-55-51(69)48(66)53(43(37-60)73-55)76-57-52(70)49(67)54(44(38-61)74-57)75-56-50(68)47(65)46(64)42(36-59)72-56/h8,10,40-44,46-57,59-62,64-70H,3-7,9,11-39H2,1-2H3,(H,58,63)/b10-8-. The molecule has 448 valence electrons. The van der Waals surface area contributed by atoms with Crippen molar-refractivity contribution >= 4 is 5.91 Å². The molecule has 0 aromatic heterocycles. The molecule has 0 saturated carbocycles. The first-order chi connectivity index (χ1) is 36.8. The largest absolute Gasteiger partial charge is 0.394 e. The van der Waals surface area contributed by atoms with E-state index in [4.69, 9.17) is 28.4 Å². The molecule has 19 heteroatoms. The lowest BCUT2D eigenvalue weighted by Crippen LogP contribution is -2.66. The smallest absolute Gasteiger partial charge is 0.220 e. The van der Waals surface area contributed by atoms with E-state index in [0.717, 1.165) is 70.6 Å². The molecule has 0 aromatic carbocycles. The van der Waals surface area contributed by atoms with Crippen LogP contribution in [-0.2, 0) is 33.2 Å². The number of allylic oxidation sites excluding steroid dienone is 2. The maximum atomic E-state index is 13.3. The molecule has 0 aromatic rings. The van der Waals surface area contributed by atoms with Gasteiger partial charge in [-0.2, -0.15) is 0 Å². The summed E-state index contributed by atoms with van der Waals surface area (Å²) < 4.78 is 34.3. The van der Waals surface area contributed by atoms with Crippen LogP contribution in [0.15, 0.2) is 12.2 Å². The summed E-state index contributed by atoms with van der Waals surface area (Å²) in [6.07, 6.45) is 13.2. The summed E-state index contributed by atoms with van der Waals surface area (Å²) in [5.74, 6) is -0.254. The predicted molar refractivity (Wildman–Crippen MR) is 287 cm³/mol. The summed E-state index contributed by atoms with van der Waals surface area (Å²) in [6, 6.07) is -0.886. The lowest BCUT2D eigenvalue weighted by molar-refractivity contribution is -0.379. The van der Waals surface area contributed by atoms with E-state index in [1.54, 1.807) is 0 Å². The highest BCUT2D eigenvalue weighted by molar-refractivity contribution is 5.76. The molecule has 0 bridgehead atoms. The van der Waals surface area contributed by atoms with Crippen molar-refractivity contribution in [2.45, 2.75) is 317 Å². The number of carbonyl (C=O) groups is 1. The fraction of sp³-hybridized carbons (Fsp3) is 0.947. The Hall–Kier alpha value is -1.47. The van der Waals surface area contributed by atoms with E-state index in [1.165, 1.54) is 109 Å². The first-order valence-corrected chi connectivity index (χ1v) is 29.9. The van der Waals surface area contributed by atoms with E-state index >= 15 is 0 Å². The molecule has 76 heavy (non-hydrogen) atoms. The highest BCUT2D eigenvalue weighted by Crippen LogP contribution is 2.33. The number of aliphatic hydroxyl groups excluding tert-OH is 11. The minimum Gasteiger partial charge on any atom is -0.394 e. The Kier molecular flexibility index (Phi) is 37.6. The molecule has 12 N–H and O–H groups in total. The second-order valence-electron chi connectivity index (χ2n) is 21.8. The minimum atomic E-state index is -1.97. The van der Waals surface area contributed by atoms with Crippen molar-refractivity contribution in [1.29, 1.82) is 0 Å². The molecule has 19 nitrogen and oxygen atoms in total. The fourth-order valence-electron chi connectivity index (χ4n) is 10.4. The monoisotopic (exact) mass is 1090 g/mol. The number of hydrogen-bond donors (Lipinski definition) is 12. The molecule has 17 unspecified atom stereocenters. The highest BCUT2D eigenvalue weighted by atomic mass is 16.8. The van der Waals surface area contributed by atoms with Crippen LogP contribution in [-0.4, -0.2) is 193 Å². The van der Waals surface area contributed by atoms with Gasteiger partial charge in [0, 0.05) is 6.42 Å². The van der Waals surface area contributed by atoms with Crippen LogP contribution in [0.2, 0.25) is 0 Å². The Morgan fingerprint density at radius 1 is 0.461 bits per heavy atom. The number of hydrogen-bond acceptors (Lipinski definition) is 18. The molecule has 3 aliphatic rings. The maximum absolute atomic E-state index is 13.3. The normalized spacial score (nSPS) is 31.0. The second kappa shape index (κ2) is 41.5. The van der Waals surface area contributed by atoms with Gasteiger partial charge in [-0.1, -0.05) is 187 Å². The number of nitrogens with one attached hydrogen (secondary N) is 1. The van der Waals surface area contributed by atoms with Gasteiger partial charge in [0.25, 0.3) is 0 Å². The average molecular weight is 1090 g/mol. The van der Waals surface area contributed by atoms with Gasteiger partial charge in [0.05, 0.1) is 38.6 Å². The van der Waals surface area contributed by atoms with Crippen molar-refractivity contribution in [3.05, 3.63) is 12.2 Å². The van der Waals surface area contributed by atoms with E-state index in [-0.39, 0.29) is 18.9 Å². The van der Waals surface area contributed by atoms with E-state index in [1.807, 2.05) is 0 Å². The number of carbonyl (C=O) groups excluding carboxylic acids is 1. The molecule has 0 aliphatic carbocycles. The lowest BCUT2D eigenvalue weighted by Gasteiger charge is -2.48. The van der Waals surface area contributed by atoms with Crippen LogP contribution in [0, 0.1) is 0 Å². The van der Waals surface area contributed by atoms with Gasteiger partial charge in [-0.25, -0.2) is 0 Å². The quantitative estimate of drug-likeness (QED) is 0.0283. The number of ether oxygens (including phenoxy) is 6. The Balaban J connectivity index is 1.47. The first-order valence-electron chi connectivity index (χ1n) is 29.9. The van der Waals surface area contributed by atoms with Gasteiger partial charge in [0.2, 0.25) is 5.91 Å². The van der Waals surface area contributed by atoms with E-state index in [9.17, 15) is 61.0 Å². The summed E-state index contributed by atoms with van der Waals surface area (Å²) in [5.41, 5.74) is 0. The summed E-state index contributed by atoms with van der Waals surface area (Å²) >= 11 is 0. The molecule has 3 heterocycles. The van der Waals surface area contributed by atoms with Crippen molar-refractivity contribution in [2.24, 2.45) is 0 Å². The average Bonchev–Trinajstić information content (AvgIpc) is 3.42. The summed E-state index contributed by atoms with van der Waals surface area (Å²) in [6.45, 7) is 1.72. The molecular weight excluding hydrogens is 987 g/mol. The van der Waals surface area contributed by atoms with Crippen molar-refractivity contribution in [2.75, 3.05) is 26.4 Å². The van der Waals surface area contributed by atoms with Crippen molar-refractivity contribution in [1.82, 2.24) is 5.32 Å². The molecule has 3 aliphatic heterocycles. The summed E-state index contributed by atoms with van der Waals surface area (Å²) in [4.78, 5) is 13.3. The molecule has 17 atom stereocenters. The van der Waals surface area contributed by atoms with Crippen LogP contribution in [0.1, 0.15) is 213 Å². The third kappa shape index (κ3) is 25.5. The highest BCUT2D eigenvalue weighted by Gasteiger charge is 2.53. The molecule has 1 amide bonds. The maximum Gasteiger partial charge on any atom is 0.220 e. The zero-order chi connectivity index (χ0) is 55.5. The number of aliphatic hydroxyl groups is 11. The van der Waals surface area contributed by atoms with E-state index in [2.05, 4.69) is 31.3 Å². The number of unbranched alkanes of at least 4 members (excludes halogenated alkanes) is 26. The third-order valence-corrected chi connectivity index (χ3v) is 15.3. The fourth-order valence-corrected chi connectivity index (χ4v) is 10.4. The zero-order valence-corrected chi connectivity index (χ0v) is 46.5. The SMILES string of the molecule is CCC/C=C\CCCCCCCC(=O)NC(COC1OC(CO)C(OC2OC(CO)C(OC3OC(CO)C(O)C(O)C3O)C(O)C2O)C(O)C1O)C(O)CCCCCCCCCCCCCCCCCCCCCCC. The van der Waals surface area contributed by atoms with E-state index < -0.39 is 124 Å². The van der Waals surface area contributed by atoms with Crippen LogP contribution in [0.5, 0.6) is 0 Å². The number of rotatable bonds is 44. The first kappa shape index (κ1) is 68.8. The third-order valence-electron chi connectivity index (χ3n) is 15.3. The summed E-state index contributed by atoms with van der Waals surface area (Å²) in [7, 11) is 0. The molecule has 3 rings (SSSR count). The summed E-state index contributed by atoms with van der Waals surface area (Å²) in [5, 5.41) is 120. The lowest BCUT2D eigenvalue weighted by atomic mass is 9.96. The van der Waals surface area contributed by atoms with Gasteiger partial charge in [-0.05, 0) is 32.1 Å². The topological polar surface area (TPSA) is 307 Å². The van der Waals surface area contributed by atoms with Crippen molar-refractivity contribution in [3.8, 4) is 0 Å².